The fraction of sp³-hybridized carbons (Fsp3) is 0.429. The molecule has 0 saturated heterocycles. The molecule has 8 nitrogen and oxygen atoms in total. The molecule has 0 saturated carbocycles. The maximum Gasteiger partial charge on any atom is 0.274 e. The third kappa shape index (κ3) is 8.79. The van der Waals surface area contributed by atoms with E-state index in [0.717, 1.165) is 34.9 Å². The van der Waals surface area contributed by atoms with Gasteiger partial charge < -0.3 is 15.1 Å². The summed E-state index contributed by atoms with van der Waals surface area (Å²) in [6.07, 6.45) is 6.74. The molecule has 0 radical (unpaired) electrons. The Hall–Kier alpha value is -1.72. The second-order valence-electron chi connectivity index (χ2n) is 4.66. The van der Waals surface area contributed by atoms with Crippen molar-refractivity contribution in [1.29, 1.82) is 0 Å². The molecule has 0 aromatic carbocycles. The van der Waals surface area contributed by atoms with Crippen LogP contribution in [0.3, 0.4) is 0 Å². The first-order valence-corrected chi connectivity index (χ1v) is 10.6. The zero-order chi connectivity index (χ0) is 17.7. The average Bonchev–Trinajstić information content (AvgIpc) is 3.27. The summed E-state index contributed by atoms with van der Waals surface area (Å²) < 4.78 is 5.13. The highest BCUT2D eigenvalue weighted by Crippen LogP contribution is 2.15. The summed E-state index contributed by atoms with van der Waals surface area (Å²) in [6, 6.07) is 0. The first-order valence-electron chi connectivity index (χ1n) is 7.55. The molecular formula is C14H19N5O3S3. The molecule has 11 heteroatoms. The van der Waals surface area contributed by atoms with Crippen LogP contribution in [-0.2, 0) is 5.75 Å². The summed E-state index contributed by atoms with van der Waals surface area (Å²) >= 11 is 4.89. The molecule has 2 N–H and O–H groups in total. The van der Waals surface area contributed by atoms with Crippen molar-refractivity contribution >= 4 is 34.9 Å². The van der Waals surface area contributed by atoms with E-state index in [9.17, 15) is 10.1 Å². The smallest absolute Gasteiger partial charge is 0.274 e. The molecule has 2 aromatic rings. The molecule has 0 fully saturated rings. The van der Waals surface area contributed by atoms with Crippen LogP contribution in [0.25, 0.3) is 0 Å². The van der Waals surface area contributed by atoms with E-state index in [1.807, 2.05) is 5.38 Å². The van der Waals surface area contributed by atoms with Crippen LogP contribution in [0.5, 0.6) is 0 Å². The number of rotatable bonds is 13. The van der Waals surface area contributed by atoms with Crippen molar-refractivity contribution in [2.75, 3.05) is 24.6 Å². The van der Waals surface area contributed by atoms with Gasteiger partial charge in [-0.3, -0.25) is 10.1 Å². The predicted molar refractivity (Wildman–Crippen MR) is 101 cm³/mol. The number of thioether (sulfide) groups is 2. The van der Waals surface area contributed by atoms with E-state index in [2.05, 4.69) is 20.6 Å². The van der Waals surface area contributed by atoms with Crippen molar-refractivity contribution in [3.05, 3.63) is 51.2 Å². The van der Waals surface area contributed by atoms with Crippen molar-refractivity contribution in [3.63, 3.8) is 0 Å². The first kappa shape index (κ1) is 19.6. The lowest BCUT2D eigenvalue weighted by Gasteiger charge is -2.10. The summed E-state index contributed by atoms with van der Waals surface area (Å²) in [6.45, 7) is 1.28. The largest absolute Gasteiger partial charge is 0.440 e. The third-order valence-corrected chi connectivity index (χ3v) is 5.65. The quantitative estimate of drug-likeness (QED) is 0.227. The molecule has 136 valence electrons. The van der Waals surface area contributed by atoms with Crippen LogP contribution in [0.4, 0.5) is 0 Å². The van der Waals surface area contributed by atoms with Gasteiger partial charge in [-0.1, -0.05) is 11.8 Å². The van der Waals surface area contributed by atoms with Crippen LogP contribution in [0, 0.1) is 10.1 Å². The predicted octanol–water partition coefficient (Wildman–Crippen LogP) is 2.80. The van der Waals surface area contributed by atoms with Crippen LogP contribution >= 0.6 is 34.9 Å². The lowest BCUT2D eigenvalue weighted by molar-refractivity contribution is -0.404. The number of nitro groups is 1. The van der Waals surface area contributed by atoms with Crippen molar-refractivity contribution in [2.45, 2.75) is 17.4 Å². The van der Waals surface area contributed by atoms with Gasteiger partial charge in [-0.25, -0.2) is 9.97 Å². The van der Waals surface area contributed by atoms with Gasteiger partial charge >= 0.3 is 0 Å². The van der Waals surface area contributed by atoms with Gasteiger partial charge in [0.15, 0.2) is 5.82 Å². The summed E-state index contributed by atoms with van der Waals surface area (Å²) in [7, 11) is 0. The first-order chi connectivity index (χ1) is 12.2. The maximum atomic E-state index is 10.7. The normalized spacial score (nSPS) is 11.4. The molecule has 0 unspecified atom stereocenters. The molecule has 0 aliphatic carbocycles. The Morgan fingerprint density at radius 3 is 2.92 bits per heavy atom. The molecule has 0 amide bonds. The fourth-order valence-electron chi connectivity index (χ4n) is 1.74. The second kappa shape index (κ2) is 11.8. The minimum Gasteiger partial charge on any atom is -0.440 e. The lowest BCUT2D eigenvalue weighted by Crippen LogP contribution is -2.29. The molecule has 0 atom stereocenters. The van der Waals surface area contributed by atoms with E-state index >= 15 is 0 Å². The number of oxazole rings is 1. The highest BCUT2D eigenvalue weighted by molar-refractivity contribution is 7.99. The maximum absolute atomic E-state index is 10.7. The minimum absolute atomic E-state index is 0.431. The number of hydrogen-bond acceptors (Lipinski definition) is 10. The molecule has 2 rings (SSSR count). The van der Waals surface area contributed by atoms with Crippen LogP contribution in [-0.4, -0.2) is 39.5 Å². The van der Waals surface area contributed by atoms with Crippen LogP contribution in [0.15, 0.2) is 45.7 Å². The topological polar surface area (TPSA) is 106 Å². The van der Waals surface area contributed by atoms with Crippen LogP contribution in [0.1, 0.15) is 11.4 Å². The third-order valence-electron chi connectivity index (χ3n) is 2.78. The van der Waals surface area contributed by atoms with Gasteiger partial charge in [0.25, 0.3) is 11.4 Å². The highest BCUT2D eigenvalue weighted by atomic mass is 32.2. The molecule has 0 spiro atoms. The minimum atomic E-state index is -0.459. The summed E-state index contributed by atoms with van der Waals surface area (Å²) in [5.74, 6) is 2.96. The SMILES string of the molecule is O=[N+]([O-])C=C(NCCCSc1ncco1)NCCSCc1nccs1. The second-order valence-corrected chi connectivity index (χ2v) is 7.79. The Morgan fingerprint density at radius 2 is 2.20 bits per heavy atom. The lowest BCUT2D eigenvalue weighted by atomic mass is 10.5. The molecule has 0 aliphatic rings. The number of nitrogens with zero attached hydrogens (tertiary/aromatic N) is 3. The van der Waals surface area contributed by atoms with E-state index in [1.165, 1.54) is 18.0 Å². The Kier molecular flexibility index (Phi) is 9.23. The van der Waals surface area contributed by atoms with E-state index in [4.69, 9.17) is 4.42 Å². The summed E-state index contributed by atoms with van der Waals surface area (Å²) in [5, 5.41) is 20.5. The zero-order valence-corrected chi connectivity index (χ0v) is 15.9. The summed E-state index contributed by atoms with van der Waals surface area (Å²) in [4.78, 5) is 18.5. The highest BCUT2D eigenvalue weighted by Gasteiger charge is 2.03. The van der Waals surface area contributed by atoms with Gasteiger partial charge in [-0.2, -0.15) is 11.8 Å². The van der Waals surface area contributed by atoms with E-state index in [1.54, 1.807) is 35.5 Å². The zero-order valence-electron chi connectivity index (χ0n) is 13.4. The van der Waals surface area contributed by atoms with Crippen molar-refractivity contribution < 1.29 is 9.34 Å². The molecule has 0 aliphatic heterocycles. The van der Waals surface area contributed by atoms with Crippen molar-refractivity contribution in [1.82, 2.24) is 20.6 Å². The van der Waals surface area contributed by atoms with Crippen molar-refractivity contribution in [3.8, 4) is 0 Å². The van der Waals surface area contributed by atoms with Gasteiger partial charge in [0.05, 0.1) is 11.1 Å². The van der Waals surface area contributed by atoms with Crippen LogP contribution < -0.4 is 10.6 Å². The monoisotopic (exact) mass is 401 g/mol. The number of nitrogens with one attached hydrogen (secondary N) is 2. The average molecular weight is 402 g/mol. The van der Waals surface area contributed by atoms with E-state index < -0.39 is 4.92 Å². The van der Waals surface area contributed by atoms with Crippen LogP contribution in [0.2, 0.25) is 0 Å². The van der Waals surface area contributed by atoms with Gasteiger partial charge in [0.1, 0.15) is 11.3 Å². The Labute approximate surface area is 158 Å². The van der Waals surface area contributed by atoms with Crippen molar-refractivity contribution in [2.24, 2.45) is 0 Å². The number of aromatic nitrogens is 2. The van der Waals surface area contributed by atoms with Gasteiger partial charge in [0.2, 0.25) is 0 Å². The Bertz CT molecular complexity index is 588. The molecule has 0 bridgehead atoms. The molecule has 2 aromatic heterocycles. The standard InChI is InChI=1S/C14H19N5O3S3/c20-19(21)10-12(15-2-1-7-25-14-18-3-6-22-14)16-4-8-23-11-13-17-5-9-24-13/h3,5-6,9-10,15-16H,1-2,4,7-8,11H2. The van der Waals surface area contributed by atoms with E-state index in [-0.39, 0.29) is 0 Å². The van der Waals surface area contributed by atoms with E-state index in [0.29, 0.717) is 24.1 Å². The Morgan fingerprint density at radius 1 is 1.32 bits per heavy atom. The molecule has 2 heterocycles. The number of thiazole rings is 1. The molecule has 25 heavy (non-hydrogen) atoms. The summed E-state index contributed by atoms with van der Waals surface area (Å²) in [5.41, 5.74) is 0. The van der Waals surface area contributed by atoms with Gasteiger partial charge in [0, 0.05) is 41.9 Å². The number of hydrogen-bond donors (Lipinski definition) is 2. The fourth-order valence-corrected chi connectivity index (χ4v) is 4.02. The molecular weight excluding hydrogens is 382 g/mol. The van der Waals surface area contributed by atoms with Gasteiger partial charge in [-0.05, 0) is 6.42 Å². The van der Waals surface area contributed by atoms with Gasteiger partial charge in [-0.15, -0.1) is 11.3 Å². The Balaban J connectivity index is 1.58.